The molecule has 1 aliphatic rings. The van der Waals surface area contributed by atoms with Gasteiger partial charge < -0.3 is 23.0 Å². The molecule has 0 heterocycles. The van der Waals surface area contributed by atoms with E-state index in [1.165, 1.54) is 4.90 Å². The minimum Gasteiger partial charge on any atom is -0.448 e. The third kappa shape index (κ3) is 3.88. The van der Waals surface area contributed by atoms with Gasteiger partial charge in [0.15, 0.2) is 0 Å². The minimum absolute atomic E-state index is 0.0330. The number of hydrogen-bond acceptors (Lipinski definition) is 2. The number of hydrogen-bond donors (Lipinski definition) is 1. The van der Waals surface area contributed by atoms with E-state index < -0.39 is 13.4 Å². The van der Waals surface area contributed by atoms with Gasteiger partial charge in [0, 0.05) is 12.6 Å². The zero-order chi connectivity index (χ0) is 10.6. The Bertz CT molecular complexity index is 170. The van der Waals surface area contributed by atoms with Crippen LogP contribution in [0.4, 0.5) is 12.9 Å². The molecule has 0 atom stereocenters. The highest BCUT2D eigenvalue weighted by atomic mass is 19.4. The zero-order valence-electron chi connectivity index (χ0n) is 8.13. The van der Waals surface area contributed by atoms with Gasteiger partial charge in [0.05, 0.1) is 6.61 Å². The topological polar surface area (TPSA) is 23.5 Å². The van der Waals surface area contributed by atoms with E-state index in [2.05, 4.69) is 0 Å². The summed E-state index contributed by atoms with van der Waals surface area (Å²) in [5, 5.41) is 8.69. The van der Waals surface area contributed by atoms with Gasteiger partial charge in [-0.25, -0.2) is 0 Å². The Hall–Kier alpha value is -0.225. The van der Waals surface area contributed by atoms with Crippen LogP contribution in [0.5, 0.6) is 0 Å². The van der Waals surface area contributed by atoms with Crippen molar-refractivity contribution in [3.8, 4) is 0 Å². The second-order valence-electron chi connectivity index (χ2n) is 3.87. The highest BCUT2D eigenvalue weighted by molar-refractivity contribution is 6.58. The zero-order valence-corrected chi connectivity index (χ0v) is 8.13. The van der Waals surface area contributed by atoms with Crippen molar-refractivity contribution in [2.75, 3.05) is 19.6 Å². The molecule has 1 saturated carbocycles. The Morgan fingerprint density at radius 2 is 1.79 bits per heavy atom. The number of nitrogens with zero attached hydrogens (tertiary/aromatic N) is 1. The van der Waals surface area contributed by atoms with Gasteiger partial charge >= 0.3 is 6.98 Å². The van der Waals surface area contributed by atoms with Crippen molar-refractivity contribution < 1.29 is 18.1 Å². The van der Waals surface area contributed by atoms with E-state index in [1.54, 1.807) is 0 Å². The van der Waals surface area contributed by atoms with Crippen molar-refractivity contribution >= 4 is 6.98 Å². The van der Waals surface area contributed by atoms with Gasteiger partial charge in [-0.15, -0.1) is 0 Å². The summed E-state index contributed by atoms with van der Waals surface area (Å²) in [5.74, 6) is 0. The smallest absolute Gasteiger partial charge is 0.448 e. The SMILES string of the molecule is OCCN(C[B-](F)(F)F)C1CCCC1. The maximum atomic E-state index is 12.2. The first-order valence-corrected chi connectivity index (χ1v) is 5.09. The molecule has 2 nitrogen and oxygen atoms in total. The van der Waals surface area contributed by atoms with Gasteiger partial charge in [0.2, 0.25) is 0 Å². The van der Waals surface area contributed by atoms with Gasteiger partial charge in [-0.2, -0.15) is 0 Å². The van der Waals surface area contributed by atoms with Crippen molar-refractivity contribution in [1.29, 1.82) is 0 Å². The predicted octanol–water partition coefficient (Wildman–Crippen LogP) is 1.61. The van der Waals surface area contributed by atoms with Crippen LogP contribution in [0.2, 0.25) is 0 Å². The second-order valence-corrected chi connectivity index (χ2v) is 3.87. The molecule has 84 valence electrons. The van der Waals surface area contributed by atoms with E-state index in [9.17, 15) is 12.9 Å². The summed E-state index contributed by atoms with van der Waals surface area (Å²) < 4.78 is 36.7. The van der Waals surface area contributed by atoms with Crippen LogP contribution in [0.1, 0.15) is 25.7 Å². The summed E-state index contributed by atoms with van der Waals surface area (Å²) in [7, 11) is 0. The predicted molar refractivity (Wildman–Crippen MR) is 50.0 cm³/mol. The second kappa shape index (κ2) is 5.02. The summed E-state index contributed by atoms with van der Waals surface area (Å²) in [6.07, 6.45) is 2.87. The van der Waals surface area contributed by atoms with Gasteiger partial charge in [0.1, 0.15) is 0 Å². The summed E-state index contributed by atoms with van der Waals surface area (Å²) in [4.78, 5) is 1.38. The molecule has 1 aliphatic carbocycles. The van der Waals surface area contributed by atoms with Crippen molar-refractivity contribution in [3.05, 3.63) is 0 Å². The Labute approximate surface area is 82.1 Å². The van der Waals surface area contributed by atoms with Crippen LogP contribution >= 0.6 is 0 Å². The first-order chi connectivity index (χ1) is 6.53. The molecule has 0 aromatic carbocycles. The molecule has 0 radical (unpaired) electrons. The minimum atomic E-state index is -4.76. The molecule has 1 fully saturated rings. The average Bonchev–Trinajstić information content (AvgIpc) is 2.52. The lowest BCUT2D eigenvalue weighted by molar-refractivity contribution is 0.160. The van der Waals surface area contributed by atoms with E-state index >= 15 is 0 Å². The summed E-state index contributed by atoms with van der Waals surface area (Å²) in [6, 6.07) is 0.0330. The van der Waals surface area contributed by atoms with Crippen LogP contribution in [0.25, 0.3) is 0 Å². The molecule has 0 amide bonds. The first kappa shape index (κ1) is 11.8. The van der Waals surface area contributed by atoms with Crippen LogP contribution in [0.15, 0.2) is 0 Å². The lowest BCUT2D eigenvalue weighted by Gasteiger charge is -2.32. The number of rotatable bonds is 5. The monoisotopic (exact) mass is 210 g/mol. The molecule has 0 bridgehead atoms. The van der Waals surface area contributed by atoms with E-state index in [0.717, 1.165) is 25.7 Å². The van der Waals surface area contributed by atoms with Crippen molar-refractivity contribution in [2.45, 2.75) is 31.7 Å². The molecular formula is C8H16BF3NO-. The fourth-order valence-electron chi connectivity index (χ4n) is 2.09. The quantitative estimate of drug-likeness (QED) is 0.696. The summed E-state index contributed by atoms with van der Waals surface area (Å²) in [5.41, 5.74) is 0. The molecule has 0 unspecified atom stereocenters. The lowest BCUT2D eigenvalue weighted by Crippen LogP contribution is -2.44. The van der Waals surface area contributed by atoms with Crippen LogP contribution in [0.3, 0.4) is 0 Å². The summed E-state index contributed by atoms with van der Waals surface area (Å²) >= 11 is 0. The van der Waals surface area contributed by atoms with Crippen molar-refractivity contribution in [2.24, 2.45) is 0 Å². The molecule has 1 rings (SSSR count). The van der Waals surface area contributed by atoms with Gasteiger partial charge in [-0.05, 0) is 19.3 Å². The molecule has 0 aliphatic heterocycles. The normalized spacial score (nSPS) is 19.5. The molecule has 0 aromatic rings. The maximum absolute atomic E-state index is 12.2. The molecule has 0 aromatic heterocycles. The summed E-state index contributed by atoms with van der Waals surface area (Å²) in [6.45, 7) is -4.81. The molecule has 1 N–H and O–H groups in total. The molecule has 6 heteroatoms. The third-order valence-corrected chi connectivity index (χ3v) is 2.67. The highest BCUT2D eigenvalue weighted by Gasteiger charge is 2.30. The van der Waals surface area contributed by atoms with Crippen molar-refractivity contribution in [3.63, 3.8) is 0 Å². The average molecular weight is 210 g/mol. The van der Waals surface area contributed by atoms with E-state index in [1.807, 2.05) is 0 Å². The van der Waals surface area contributed by atoms with Crippen LogP contribution < -0.4 is 0 Å². The number of halogens is 3. The van der Waals surface area contributed by atoms with Crippen LogP contribution in [0, 0.1) is 0 Å². The molecule has 14 heavy (non-hydrogen) atoms. The maximum Gasteiger partial charge on any atom is 0.492 e. The Morgan fingerprint density at radius 3 is 2.21 bits per heavy atom. The van der Waals surface area contributed by atoms with E-state index in [-0.39, 0.29) is 19.2 Å². The number of aliphatic hydroxyl groups is 1. The van der Waals surface area contributed by atoms with E-state index in [4.69, 9.17) is 5.11 Å². The Morgan fingerprint density at radius 1 is 1.21 bits per heavy atom. The van der Waals surface area contributed by atoms with Crippen LogP contribution in [-0.4, -0.2) is 42.6 Å². The number of aliphatic hydroxyl groups excluding tert-OH is 1. The Balaban J connectivity index is 2.45. The van der Waals surface area contributed by atoms with E-state index in [0.29, 0.717) is 0 Å². The molecule has 0 saturated heterocycles. The van der Waals surface area contributed by atoms with Gasteiger partial charge in [0.25, 0.3) is 0 Å². The fraction of sp³-hybridized carbons (Fsp3) is 1.00. The molecule has 0 spiro atoms. The largest absolute Gasteiger partial charge is 0.492 e. The third-order valence-electron chi connectivity index (χ3n) is 2.67. The lowest BCUT2D eigenvalue weighted by atomic mass is 9.90. The van der Waals surface area contributed by atoms with Crippen molar-refractivity contribution in [1.82, 2.24) is 4.90 Å². The van der Waals surface area contributed by atoms with Crippen LogP contribution in [-0.2, 0) is 0 Å². The Kier molecular flexibility index (Phi) is 4.25. The molecular weight excluding hydrogens is 194 g/mol. The highest BCUT2D eigenvalue weighted by Crippen LogP contribution is 2.25. The van der Waals surface area contributed by atoms with Gasteiger partial charge in [-0.1, -0.05) is 12.8 Å². The first-order valence-electron chi connectivity index (χ1n) is 5.09. The standard InChI is InChI=1S/C8H16BF3NO/c10-9(11,12)7-13(5-6-14)8-3-1-2-4-8/h8,14H,1-7H2/q-1. The fourth-order valence-corrected chi connectivity index (χ4v) is 2.09. The van der Waals surface area contributed by atoms with Gasteiger partial charge in [-0.3, -0.25) is 0 Å².